The summed E-state index contributed by atoms with van der Waals surface area (Å²) in [6.45, 7) is 1.83. The number of imidazole rings is 1. The van der Waals surface area contributed by atoms with Gasteiger partial charge in [0.05, 0.1) is 27.6 Å². The van der Waals surface area contributed by atoms with E-state index in [1.165, 1.54) is 6.20 Å². The average Bonchev–Trinajstić information content (AvgIpc) is 3.16. The minimum absolute atomic E-state index is 0.231. The topological polar surface area (TPSA) is 90.1 Å². The van der Waals surface area contributed by atoms with E-state index in [0.717, 1.165) is 35.1 Å². The Morgan fingerprint density at radius 2 is 2.06 bits per heavy atom. The number of nitro benzene ring substituents is 1. The highest BCUT2D eigenvalue weighted by molar-refractivity contribution is 7.99. The molecule has 0 bridgehead atoms. The molecule has 1 N–H and O–H groups in total. The van der Waals surface area contributed by atoms with E-state index in [4.69, 9.17) is 11.6 Å². The van der Waals surface area contributed by atoms with Gasteiger partial charge in [0.2, 0.25) is 5.91 Å². The predicted molar refractivity (Wildman–Crippen MR) is 111 cm³/mol. The summed E-state index contributed by atoms with van der Waals surface area (Å²) in [5, 5.41) is 13.9. The fourth-order valence-electron chi connectivity index (χ4n) is 2.74. The van der Waals surface area contributed by atoms with E-state index in [-0.39, 0.29) is 5.75 Å². The Labute approximate surface area is 183 Å². The number of rotatable bonds is 6. The molecule has 0 saturated heterocycles. The van der Waals surface area contributed by atoms with Gasteiger partial charge in [-0.05, 0) is 30.7 Å². The number of amides is 1. The van der Waals surface area contributed by atoms with Crippen molar-refractivity contribution >= 4 is 40.6 Å². The maximum absolute atomic E-state index is 13.3. The largest absolute Gasteiger partial charge is 0.418 e. The van der Waals surface area contributed by atoms with Crippen LogP contribution < -0.4 is 5.32 Å². The minimum Gasteiger partial charge on any atom is -0.325 e. The number of aromatic nitrogens is 2. The van der Waals surface area contributed by atoms with Crippen LogP contribution in [-0.4, -0.2) is 26.1 Å². The zero-order valence-corrected chi connectivity index (χ0v) is 17.4. The molecule has 0 saturated carbocycles. The highest BCUT2D eigenvalue weighted by Crippen LogP contribution is 2.37. The van der Waals surface area contributed by atoms with Crippen molar-refractivity contribution in [3.8, 4) is 5.69 Å². The molecule has 0 aliphatic rings. The molecule has 0 fully saturated rings. The van der Waals surface area contributed by atoms with E-state index in [0.29, 0.717) is 16.2 Å². The lowest BCUT2D eigenvalue weighted by Crippen LogP contribution is -2.18. The van der Waals surface area contributed by atoms with Gasteiger partial charge in [0.25, 0.3) is 5.69 Å². The molecule has 3 aromatic rings. The number of hydrogen-bond acceptors (Lipinski definition) is 5. The normalized spacial score (nSPS) is 11.4. The molecule has 0 radical (unpaired) electrons. The zero-order chi connectivity index (χ0) is 22.8. The number of non-ortho nitro benzene ring substituents is 1. The first-order chi connectivity index (χ1) is 14.6. The summed E-state index contributed by atoms with van der Waals surface area (Å²) in [4.78, 5) is 26.3. The Morgan fingerprint density at radius 1 is 1.32 bits per heavy atom. The highest BCUT2D eigenvalue weighted by atomic mass is 35.5. The van der Waals surface area contributed by atoms with Gasteiger partial charge >= 0.3 is 6.18 Å². The summed E-state index contributed by atoms with van der Waals surface area (Å²) in [6, 6.07) is 7.46. The lowest BCUT2D eigenvalue weighted by atomic mass is 10.1. The minimum atomic E-state index is -4.87. The third-order valence-corrected chi connectivity index (χ3v) is 5.61. The van der Waals surface area contributed by atoms with Crippen LogP contribution in [0.3, 0.4) is 0 Å². The van der Waals surface area contributed by atoms with Crippen LogP contribution in [0.4, 0.5) is 24.5 Å². The molecule has 31 heavy (non-hydrogen) atoms. The van der Waals surface area contributed by atoms with Gasteiger partial charge < -0.3 is 5.32 Å². The second-order valence-corrected chi connectivity index (χ2v) is 7.64. The second-order valence-electron chi connectivity index (χ2n) is 6.29. The molecule has 0 aliphatic carbocycles. The van der Waals surface area contributed by atoms with E-state index in [1.54, 1.807) is 22.9 Å². The van der Waals surface area contributed by atoms with Crippen molar-refractivity contribution in [2.45, 2.75) is 18.3 Å². The monoisotopic (exact) mass is 470 g/mol. The Hall–Kier alpha value is -3.05. The number of hydrogen-bond donors (Lipinski definition) is 1. The predicted octanol–water partition coefficient (Wildman–Crippen LogP) is 5.49. The molecule has 12 heteroatoms. The fourth-order valence-corrected chi connectivity index (χ4v) is 3.68. The Morgan fingerprint density at radius 3 is 2.74 bits per heavy atom. The molecule has 2 aromatic carbocycles. The van der Waals surface area contributed by atoms with E-state index in [9.17, 15) is 28.1 Å². The second kappa shape index (κ2) is 8.98. The highest BCUT2D eigenvalue weighted by Gasteiger charge is 2.35. The van der Waals surface area contributed by atoms with Gasteiger partial charge in [0.1, 0.15) is 0 Å². The van der Waals surface area contributed by atoms with Crippen molar-refractivity contribution in [3.05, 3.63) is 75.1 Å². The number of carbonyl (C=O) groups is 1. The average molecular weight is 471 g/mol. The fraction of sp³-hybridized carbons (Fsp3) is 0.158. The van der Waals surface area contributed by atoms with Crippen LogP contribution in [0.25, 0.3) is 5.69 Å². The Balaban J connectivity index is 1.76. The summed E-state index contributed by atoms with van der Waals surface area (Å²) in [7, 11) is 0. The summed E-state index contributed by atoms with van der Waals surface area (Å²) in [5.41, 5.74) is -1.02. The van der Waals surface area contributed by atoms with E-state index >= 15 is 0 Å². The number of alkyl halides is 3. The lowest BCUT2D eigenvalue weighted by molar-refractivity contribution is -0.385. The maximum Gasteiger partial charge on any atom is 0.418 e. The van der Waals surface area contributed by atoms with Crippen LogP contribution in [0, 0.1) is 17.0 Å². The first kappa shape index (κ1) is 22.6. The molecular formula is C19H14ClF3N4O3S. The number of carbonyl (C=O) groups excluding carboxylic acids is 1. The number of halogens is 4. The molecule has 0 aliphatic heterocycles. The number of benzene rings is 2. The van der Waals surface area contributed by atoms with Gasteiger partial charge in [-0.15, -0.1) is 0 Å². The Bertz CT molecular complexity index is 1150. The molecular weight excluding hydrogens is 457 g/mol. The van der Waals surface area contributed by atoms with Crippen molar-refractivity contribution < 1.29 is 22.9 Å². The van der Waals surface area contributed by atoms with Gasteiger partial charge in [0.15, 0.2) is 5.16 Å². The van der Waals surface area contributed by atoms with Crippen LogP contribution in [0.1, 0.15) is 11.1 Å². The van der Waals surface area contributed by atoms with Gasteiger partial charge in [-0.2, -0.15) is 13.2 Å². The van der Waals surface area contributed by atoms with Gasteiger partial charge in [-0.25, -0.2) is 4.98 Å². The molecule has 7 nitrogen and oxygen atoms in total. The van der Waals surface area contributed by atoms with Crippen LogP contribution in [0.2, 0.25) is 5.02 Å². The molecule has 0 unspecified atom stereocenters. The standard InChI is InChI=1S/C19H14ClF3N4O3S/c1-11-14(20)3-2-4-16(11)26-8-7-24-18(26)31-10-17(28)25-15-6-5-12(27(29)30)9-13(15)19(21,22)23/h2-9H,10H2,1H3,(H,25,28). The molecule has 0 spiro atoms. The maximum atomic E-state index is 13.3. The SMILES string of the molecule is Cc1c(Cl)cccc1-n1ccnc1SCC(=O)Nc1ccc([N+](=O)[O-])cc1C(F)(F)F. The smallest absolute Gasteiger partial charge is 0.325 e. The molecule has 1 aromatic heterocycles. The van der Waals surface area contributed by atoms with Gasteiger partial charge in [-0.3, -0.25) is 19.5 Å². The number of thioether (sulfide) groups is 1. The Kier molecular flexibility index (Phi) is 6.56. The van der Waals surface area contributed by atoms with Crippen molar-refractivity contribution in [1.82, 2.24) is 9.55 Å². The lowest BCUT2D eigenvalue weighted by Gasteiger charge is -2.14. The summed E-state index contributed by atoms with van der Waals surface area (Å²) in [5.74, 6) is -0.952. The van der Waals surface area contributed by atoms with Crippen molar-refractivity contribution in [2.75, 3.05) is 11.1 Å². The van der Waals surface area contributed by atoms with Gasteiger partial charge in [-0.1, -0.05) is 29.4 Å². The molecule has 1 amide bonds. The van der Waals surface area contributed by atoms with Crippen molar-refractivity contribution in [2.24, 2.45) is 0 Å². The number of anilines is 1. The van der Waals surface area contributed by atoms with E-state index in [1.807, 2.05) is 13.0 Å². The van der Waals surface area contributed by atoms with Gasteiger partial charge in [0, 0.05) is 29.5 Å². The zero-order valence-electron chi connectivity index (χ0n) is 15.8. The van der Waals surface area contributed by atoms with Crippen LogP contribution in [-0.2, 0) is 11.0 Å². The summed E-state index contributed by atoms with van der Waals surface area (Å²) < 4.78 is 41.5. The third kappa shape index (κ3) is 5.17. The first-order valence-corrected chi connectivity index (χ1v) is 10.0. The first-order valence-electron chi connectivity index (χ1n) is 8.65. The quantitative estimate of drug-likeness (QED) is 0.292. The summed E-state index contributed by atoms with van der Waals surface area (Å²) >= 11 is 7.16. The molecule has 0 atom stereocenters. The van der Waals surface area contributed by atoms with E-state index < -0.39 is 33.9 Å². The number of nitrogens with one attached hydrogen (secondary N) is 1. The summed E-state index contributed by atoms with van der Waals surface area (Å²) in [6.07, 6.45) is -1.67. The van der Waals surface area contributed by atoms with Crippen LogP contribution in [0.5, 0.6) is 0 Å². The number of nitrogens with zero attached hydrogens (tertiary/aromatic N) is 3. The van der Waals surface area contributed by atoms with E-state index in [2.05, 4.69) is 10.3 Å². The van der Waals surface area contributed by atoms with Crippen LogP contribution in [0.15, 0.2) is 53.9 Å². The number of nitro groups is 1. The van der Waals surface area contributed by atoms with Crippen LogP contribution >= 0.6 is 23.4 Å². The third-order valence-electron chi connectivity index (χ3n) is 4.23. The van der Waals surface area contributed by atoms with Crippen molar-refractivity contribution in [3.63, 3.8) is 0 Å². The molecule has 1 heterocycles. The van der Waals surface area contributed by atoms with Crippen molar-refractivity contribution in [1.29, 1.82) is 0 Å². The molecule has 3 rings (SSSR count). The molecule has 162 valence electrons.